The SMILES string of the molecule is N#Cc1cnn(-c2c(Cl)cc(C(F)(F)F)cc2Cl)c1/C=C\C(=O)NS(=O)(=O)Cc1ccccc1. The molecule has 0 aliphatic carbocycles. The lowest BCUT2D eigenvalue weighted by molar-refractivity contribution is -0.137. The molecule has 0 saturated heterocycles. The summed E-state index contributed by atoms with van der Waals surface area (Å²) in [5.74, 6) is -1.46. The third-order valence-electron chi connectivity index (χ3n) is 4.33. The van der Waals surface area contributed by atoms with Crippen LogP contribution in [-0.4, -0.2) is 24.1 Å². The summed E-state index contributed by atoms with van der Waals surface area (Å²) in [6.07, 6.45) is -1.69. The van der Waals surface area contributed by atoms with Gasteiger partial charge in [-0.3, -0.25) is 4.79 Å². The van der Waals surface area contributed by atoms with Crippen molar-refractivity contribution in [3.05, 3.63) is 87.2 Å². The summed E-state index contributed by atoms with van der Waals surface area (Å²) >= 11 is 12.0. The number of sulfonamides is 1. The van der Waals surface area contributed by atoms with Crippen LogP contribution in [0.2, 0.25) is 10.0 Å². The van der Waals surface area contributed by atoms with E-state index in [0.717, 1.165) is 23.0 Å². The standard InChI is InChI=1S/C21H13Cl2F3N4O3S/c22-16-8-15(21(24,25)26)9-17(23)20(16)30-18(14(10-27)11-28-30)6-7-19(31)29-34(32,33)12-13-4-2-1-3-5-13/h1-9,11H,12H2,(H,29,31)/b7-6-. The fraction of sp³-hybridized carbons (Fsp3) is 0.0952. The fourth-order valence-corrected chi connectivity index (χ4v) is 4.61. The van der Waals surface area contributed by atoms with E-state index < -0.39 is 43.5 Å². The Morgan fingerprint density at radius 3 is 2.35 bits per heavy atom. The Bertz CT molecular complexity index is 1390. The summed E-state index contributed by atoms with van der Waals surface area (Å²) < 4.78 is 66.3. The normalized spacial score (nSPS) is 12.0. The van der Waals surface area contributed by atoms with Gasteiger partial charge < -0.3 is 0 Å². The van der Waals surface area contributed by atoms with Crippen LogP contribution in [0, 0.1) is 11.3 Å². The Morgan fingerprint density at radius 2 is 1.79 bits per heavy atom. The van der Waals surface area contributed by atoms with E-state index in [0.29, 0.717) is 17.7 Å². The van der Waals surface area contributed by atoms with Crippen LogP contribution in [0.25, 0.3) is 11.8 Å². The highest BCUT2D eigenvalue weighted by molar-refractivity contribution is 7.89. The molecule has 3 rings (SSSR count). The van der Waals surface area contributed by atoms with Crippen molar-refractivity contribution in [2.75, 3.05) is 0 Å². The molecule has 0 radical (unpaired) electrons. The van der Waals surface area contributed by atoms with Gasteiger partial charge in [0.2, 0.25) is 10.0 Å². The van der Waals surface area contributed by atoms with Crippen LogP contribution in [0.4, 0.5) is 13.2 Å². The minimum absolute atomic E-state index is 0.0540. The van der Waals surface area contributed by atoms with Crippen LogP contribution in [-0.2, 0) is 26.7 Å². The van der Waals surface area contributed by atoms with Crippen molar-refractivity contribution in [1.82, 2.24) is 14.5 Å². The number of rotatable bonds is 6. The van der Waals surface area contributed by atoms with E-state index in [-0.39, 0.29) is 16.9 Å². The number of halogens is 5. The third-order valence-corrected chi connectivity index (χ3v) is 6.13. The predicted molar refractivity (Wildman–Crippen MR) is 120 cm³/mol. The number of alkyl halides is 3. The number of hydrogen-bond donors (Lipinski definition) is 1. The molecule has 34 heavy (non-hydrogen) atoms. The molecular formula is C21H13Cl2F3N4O3S. The van der Waals surface area contributed by atoms with Gasteiger partial charge in [-0.1, -0.05) is 53.5 Å². The Balaban J connectivity index is 1.90. The fourth-order valence-electron chi connectivity index (χ4n) is 2.89. The minimum atomic E-state index is -4.69. The van der Waals surface area contributed by atoms with Crippen molar-refractivity contribution < 1.29 is 26.4 Å². The van der Waals surface area contributed by atoms with Gasteiger partial charge in [-0.25, -0.2) is 17.8 Å². The van der Waals surface area contributed by atoms with E-state index in [4.69, 9.17) is 23.2 Å². The number of nitriles is 1. The molecule has 0 spiro atoms. The number of nitrogens with one attached hydrogen (secondary N) is 1. The molecule has 0 aliphatic heterocycles. The number of aromatic nitrogens is 2. The summed E-state index contributed by atoms with van der Waals surface area (Å²) in [7, 11) is -4.02. The highest BCUT2D eigenvalue weighted by atomic mass is 35.5. The Hall–Kier alpha value is -3.33. The lowest BCUT2D eigenvalue weighted by atomic mass is 10.2. The van der Waals surface area contributed by atoms with Crippen LogP contribution in [0.5, 0.6) is 0 Å². The first kappa shape index (κ1) is 25.3. The second kappa shape index (κ2) is 9.89. The molecule has 13 heteroatoms. The Morgan fingerprint density at radius 1 is 1.18 bits per heavy atom. The highest BCUT2D eigenvalue weighted by Gasteiger charge is 2.32. The molecule has 0 aliphatic rings. The van der Waals surface area contributed by atoms with Crippen molar-refractivity contribution in [1.29, 1.82) is 5.26 Å². The maximum Gasteiger partial charge on any atom is 0.416 e. The van der Waals surface area contributed by atoms with Crippen LogP contribution < -0.4 is 4.72 Å². The highest BCUT2D eigenvalue weighted by Crippen LogP contribution is 2.38. The molecule has 0 bridgehead atoms. The number of carbonyl (C=O) groups is 1. The molecule has 0 saturated carbocycles. The van der Waals surface area contributed by atoms with Crippen molar-refractivity contribution in [3.63, 3.8) is 0 Å². The largest absolute Gasteiger partial charge is 0.416 e. The van der Waals surface area contributed by atoms with Crippen LogP contribution in [0.1, 0.15) is 22.4 Å². The average Bonchev–Trinajstić information content (AvgIpc) is 3.13. The van der Waals surface area contributed by atoms with Crippen LogP contribution in [0.15, 0.2) is 54.7 Å². The van der Waals surface area contributed by atoms with Gasteiger partial charge in [-0.05, 0) is 23.8 Å². The molecule has 2 aromatic carbocycles. The van der Waals surface area contributed by atoms with E-state index in [2.05, 4.69) is 5.10 Å². The lowest BCUT2D eigenvalue weighted by Crippen LogP contribution is -2.30. The minimum Gasteiger partial charge on any atom is -0.269 e. The first-order valence-electron chi connectivity index (χ1n) is 9.22. The zero-order chi connectivity index (χ0) is 25.1. The molecule has 1 N–H and O–H groups in total. The monoisotopic (exact) mass is 528 g/mol. The Labute approximate surface area is 202 Å². The van der Waals surface area contributed by atoms with Crippen LogP contribution >= 0.6 is 23.2 Å². The maximum atomic E-state index is 13.0. The molecule has 0 fully saturated rings. The number of carbonyl (C=O) groups excluding carboxylic acids is 1. The molecular weight excluding hydrogens is 516 g/mol. The van der Waals surface area contributed by atoms with E-state index in [1.807, 2.05) is 10.8 Å². The van der Waals surface area contributed by atoms with Crippen molar-refractivity contribution in [2.24, 2.45) is 0 Å². The van der Waals surface area contributed by atoms with Crippen molar-refractivity contribution in [2.45, 2.75) is 11.9 Å². The third kappa shape index (κ3) is 5.96. The zero-order valence-corrected chi connectivity index (χ0v) is 19.2. The number of benzene rings is 2. The van der Waals surface area contributed by atoms with Crippen LogP contribution in [0.3, 0.4) is 0 Å². The van der Waals surface area contributed by atoms with Crippen molar-refractivity contribution in [3.8, 4) is 11.8 Å². The van der Waals surface area contributed by atoms with Gasteiger partial charge in [0.25, 0.3) is 5.91 Å². The van der Waals surface area contributed by atoms with Gasteiger partial charge in [0.15, 0.2) is 0 Å². The summed E-state index contributed by atoms with van der Waals surface area (Å²) in [6.45, 7) is 0. The molecule has 176 valence electrons. The molecule has 0 unspecified atom stereocenters. The maximum absolute atomic E-state index is 13.0. The summed E-state index contributed by atoms with van der Waals surface area (Å²) in [5, 5.41) is 12.4. The summed E-state index contributed by atoms with van der Waals surface area (Å²) in [5.41, 5.74) is -0.901. The lowest BCUT2D eigenvalue weighted by Gasteiger charge is -2.13. The topological polar surface area (TPSA) is 105 Å². The average molecular weight is 529 g/mol. The van der Waals surface area contributed by atoms with Gasteiger partial charge in [-0.15, -0.1) is 0 Å². The first-order valence-corrected chi connectivity index (χ1v) is 11.6. The predicted octanol–water partition coefficient (Wildman–Crippen LogP) is 4.73. The van der Waals surface area contributed by atoms with E-state index >= 15 is 0 Å². The van der Waals surface area contributed by atoms with Gasteiger partial charge in [0.05, 0.1) is 38.8 Å². The molecule has 0 atom stereocenters. The van der Waals surface area contributed by atoms with E-state index in [9.17, 15) is 31.6 Å². The summed E-state index contributed by atoms with van der Waals surface area (Å²) in [6, 6.07) is 11.3. The molecule has 1 heterocycles. The second-order valence-corrected chi connectivity index (χ2v) is 9.33. The quantitative estimate of drug-likeness (QED) is 0.465. The number of hydrogen-bond acceptors (Lipinski definition) is 5. The molecule has 3 aromatic rings. The van der Waals surface area contributed by atoms with Gasteiger partial charge in [0, 0.05) is 6.08 Å². The van der Waals surface area contributed by atoms with Crippen molar-refractivity contribution >= 4 is 45.2 Å². The smallest absolute Gasteiger partial charge is 0.269 e. The second-order valence-electron chi connectivity index (χ2n) is 6.80. The first-order chi connectivity index (χ1) is 15.9. The zero-order valence-electron chi connectivity index (χ0n) is 16.8. The van der Waals surface area contributed by atoms with Gasteiger partial charge in [0.1, 0.15) is 11.8 Å². The number of amides is 1. The van der Waals surface area contributed by atoms with E-state index in [1.54, 1.807) is 30.3 Å². The molecule has 1 amide bonds. The molecule has 7 nitrogen and oxygen atoms in total. The van der Waals surface area contributed by atoms with Gasteiger partial charge in [-0.2, -0.15) is 23.5 Å². The van der Waals surface area contributed by atoms with E-state index in [1.165, 1.54) is 0 Å². The summed E-state index contributed by atoms with van der Waals surface area (Å²) in [4.78, 5) is 12.2. The molecule has 1 aromatic heterocycles. The van der Waals surface area contributed by atoms with Gasteiger partial charge >= 0.3 is 6.18 Å². The Kier molecular flexibility index (Phi) is 7.35. The number of nitrogens with zero attached hydrogens (tertiary/aromatic N) is 3.